The number of thiophene rings is 1. The topological polar surface area (TPSA) is 29.3 Å². The number of hydrogen-bond donors (Lipinski definition) is 1. The molecule has 0 aliphatic carbocycles. The van der Waals surface area contributed by atoms with Crippen LogP contribution in [0, 0.1) is 0 Å². The van der Waals surface area contributed by atoms with Gasteiger partial charge in [-0.2, -0.15) is 0 Å². The van der Waals surface area contributed by atoms with Gasteiger partial charge in [0.15, 0.2) is 0 Å². The fourth-order valence-corrected chi connectivity index (χ4v) is 2.09. The molecule has 1 aromatic rings. The Balaban J connectivity index is 2.06. The van der Waals surface area contributed by atoms with Crippen molar-refractivity contribution >= 4 is 11.3 Å². The van der Waals surface area contributed by atoms with Gasteiger partial charge in [0.05, 0.1) is 0 Å². The van der Waals surface area contributed by atoms with Crippen LogP contribution in [-0.4, -0.2) is 31.6 Å². The predicted octanol–water partition coefficient (Wildman–Crippen LogP) is 1.96. The van der Waals surface area contributed by atoms with E-state index in [1.54, 1.807) is 0 Å². The van der Waals surface area contributed by atoms with Gasteiger partial charge in [0.25, 0.3) is 0 Å². The largest absolute Gasteiger partial charge is 0.330 e. The van der Waals surface area contributed by atoms with Crippen LogP contribution in [0.1, 0.15) is 17.7 Å². The molecule has 0 aliphatic heterocycles. The Morgan fingerprint density at radius 2 is 2.21 bits per heavy atom. The lowest BCUT2D eigenvalue weighted by Gasteiger charge is -2.15. The van der Waals surface area contributed by atoms with E-state index in [2.05, 4.69) is 29.5 Å². The van der Waals surface area contributed by atoms with Crippen molar-refractivity contribution < 1.29 is 0 Å². The van der Waals surface area contributed by atoms with E-state index in [9.17, 15) is 0 Å². The highest BCUT2D eigenvalue weighted by Gasteiger charge is 1.99. The minimum atomic E-state index is 0.818. The highest BCUT2D eigenvalue weighted by Crippen LogP contribution is 2.09. The maximum absolute atomic E-state index is 5.45. The van der Waals surface area contributed by atoms with Crippen LogP contribution in [-0.2, 0) is 6.42 Å². The zero-order chi connectivity index (χ0) is 10.2. The second kappa shape index (κ2) is 6.98. The van der Waals surface area contributed by atoms with Crippen LogP contribution in [0.15, 0.2) is 17.5 Å². The van der Waals surface area contributed by atoms with Crippen LogP contribution in [0.3, 0.4) is 0 Å². The number of hydrogen-bond acceptors (Lipinski definition) is 3. The lowest BCUT2D eigenvalue weighted by atomic mass is 10.3. The predicted molar refractivity (Wildman–Crippen MR) is 63.8 cm³/mol. The first-order valence-corrected chi connectivity index (χ1v) is 6.12. The summed E-state index contributed by atoms with van der Waals surface area (Å²) in [6.07, 6.45) is 3.54. The van der Waals surface area contributed by atoms with E-state index in [1.807, 2.05) is 11.3 Å². The van der Waals surface area contributed by atoms with E-state index >= 15 is 0 Å². The molecule has 2 nitrogen and oxygen atoms in total. The van der Waals surface area contributed by atoms with E-state index in [1.165, 1.54) is 24.3 Å². The second-order valence-electron chi connectivity index (χ2n) is 3.63. The van der Waals surface area contributed by atoms with Gasteiger partial charge in [-0.1, -0.05) is 6.07 Å². The molecule has 0 spiro atoms. The van der Waals surface area contributed by atoms with Crippen LogP contribution in [0.25, 0.3) is 0 Å². The van der Waals surface area contributed by atoms with E-state index in [0.29, 0.717) is 0 Å². The SMILES string of the molecule is CN(CCCCN)CCc1cccs1. The summed E-state index contributed by atoms with van der Waals surface area (Å²) < 4.78 is 0. The molecule has 14 heavy (non-hydrogen) atoms. The first kappa shape index (κ1) is 11.7. The summed E-state index contributed by atoms with van der Waals surface area (Å²) in [5.41, 5.74) is 5.45. The van der Waals surface area contributed by atoms with Gasteiger partial charge in [-0.15, -0.1) is 11.3 Å². The average Bonchev–Trinajstić information content (AvgIpc) is 2.68. The Bertz CT molecular complexity index is 221. The van der Waals surface area contributed by atoms with Crippen molar-refractivity contribution in [1.82, 2.24) is 4.90 Å². The zero-order valence-corrected chi connectivity index (χ0v) is 9.72. The first-order valence-electron chi connectivity index (χ1n) is 5.24. The van der Waals surface area contributed by atoms with E-state index in [0.717, 1.165) is 19.5 Å². The average molecular weight is 212 g/mol. The molecule has 0 amide bonds. The molecule has 0 unspecified atom stereocenters. The van der Waals surface area contributed by atoms with E-state index in [-0.39, 0.29) is 0 Å². The van der Waals surface area contributed by atoms with E-state index < -0.39 is 0 Å². The Kier molecular flexibility index (Phi) is 5.83. The van der Waals surface area contributed by atoms with Crippen molar-refractivity contribution in [2.75, 3.05) is 26.7 Å². The van der Waals surface area contributed by atoms with Gasteiger partial charge >= 0.3 is 0 Å². The lowest BCUT2D eigenvalue weighted by Crippen LogP contribution is -2.22. The molecule has 0 fully saturated rings. The number of nitrogens with two attached hydrogens (primary N) is 1. The molecular formula is C11H20N2S. The molecular weight excluding hydrogens is 192 g/mol. The lowest BCUT2D eigenvalue weighted by molar-refractivity contribution is 0.331. The molecule has 1 rings (SSSR count). The smallest absolute Gasteiger partial charge is 0.00579 e. The molecule has 0 aliphatic rings. The van der Waals surface area contributed by atoms with Crippen molar-refractivity contribution in [2.45, 2.75) is 19.3 Å². The fourth-order valence-electron chi connectivity index (χ4n) is 1.39. The van der Waals surface area contributed by atoms with Crippen molar-refractivity contribution in [3.05, 3.63) is 22.4 Å². The van der Waals surface area contributed by atoms with Gasteiger partial charge in [0, 0.05) is 11.4 Å². The highest BCUT2D eigenvalue weighted by molar-refractivity contribution is 7.09. The standard InChI is InChI=1S/C11H20N2S/c1-13(8-3-2-7-12)9-6-11-5-4-10-14-11/h4-5,10H,2-3,6-9,12H2,1H3. The molecule has 3 heteroatoms. The summed E-state index contributed by atoms with van der Waals surface area (Å²) in [6.45, 7) is 3.15. The third-order valence-electron chi connectivity index (χ3n) is 2.31. The van der Waals surface area contributed by atoms with Crippen LogP contribution < -0.4 is 5.73 Å². The Morgan fingerprint density at radius 1 is 1.36 bits per heavy atom. The Morgan fingerprint density at radius 3 is 2.86 bits per heavy atom. The van der Waals surface area contributed by atoms with Crippen LogP contribution in [0.5, 0.6) is 0 Å². The third-order valence-corrected chi connectivity index (χ3v) is 3.25. The van der Waals surface area contributed by atoms with Gasteiger partial charge in [0.1, 0.15) is 0 Å². The molecule has 0 saturated carbocycles. The van der Waals surface area contributed by atoms with Crippen LogP contribution >= 0.6 is 11.3 Å². The Hall–Kier alpha value is -0.380. The Labute approximate surface area is 90.7 Å². The summed E-state index contributed by atoms with van der Waals surface area (Å²) in [7, 11) is 2.18. The fraction of sp³-hybridized carbons (Fsp3) is 0.636. The van der Waals surface area contributed by atoms with Crippen LogP contribution in [0.2, 0.25) is 0 Å². The minimum Gasteiger partial charge on any atom is -0.330 e. The molecule has 2 N–H and O–H groups in total. The molecule has 0 atom stereocenters. The number of nitrogens with zero attached hydrogens (tertiary/aromatic N) is 1. The van der Waals surface area contributed by atoms with Gasteiger partial charge in [-0.3, -0.25) is 0 Å². The molecule has 0 aromatic carbocycles. The number of rotatable bonds is 7. The monoisotopic (exact) mass is 212 g/mol. The maximum Gasteiger partial charge on any atom is 0.00579 e. The van der Waals surface area contributed by atoms with Crippen LogP contribution in [0.4, 0.5) is 0 Å². The number of likely N-dealkylation sites (N-methyl/N-ethyl adjacent to an activating group) is 1. The van der Waals surface area contributed by atoms with Gasteiger partial charge in [0.2, 0.25) is 0 Å². The molecule has 1 heterocycles. The zero-order valence-electron chi connectivity index (χ0n) is 8.91. The normalized spacial score (nSPS) is 11.1. The van der Waals surface area contributed by atoms with Gasteiger partial charge in [-0.25, -0.2) is 0 Å². The molecule has 80 valence electrons. The van der Waals surface area contributed by atoms with Crippen molar-refractivity contribution in [2.24, 2.45) is 5.73 Å². The summed E-state index contributed by atoms with van der Waals surface area (Å²) in [5.74, 6) is 0. The molecule has 0 radical (unpaired) electrons. The van der Waals surface area contributed by atoms with Crippen molar-refractivity contribution in [3.8, 4) is 0 Å². The summed E-state index contributed by atoms with van der Waals surface area (Å²) in [5, 5.41) is 2.14. The highest BCUT2D eigenvalue weighted by atomic mass is 32.1. The summed E-state index contributed by atoms with van der Waals surface area (Å²) >= 11 is 1.85. The van der Waals surface area contributed by atoms with E-state index in [4.69, 9.17) is 5.73 Å². The molecule has 1 aromatic heterocycles. The van der Waals surface area contributed by atoms with Crippen molar-refractivity contribution in [1.29, 1.82) is 0 Å². The minimum absolute atomic E-state index is 0.818. The third kappa shape index (κ3) is 4.74. The summed E-state index contributed by atoms with van der Waals surface area (Å²) in [6, 6.07) is 4.33. The molecule has 0 bridgehead atoms. The quantitative estimate of drug-likeness (QED) is 0.700. The summed E-state index contributed by atoms with van der Waals surface area (Å²) in [4.78, 5) is 3.87. The van der Waals surface area contributed by atoms with Crippen molar-refractivity contribution in [3.63, 3.8) is 0 Å². The van der Waals surface area contributed by atoms with Gasteiger partial charge < -0.3 is 10.6 Å². The molecule has 0 saturated heterocycles. The number of unbranched alkanes of at least 4 members (excludes halogenated alkanes) is 1. The maximum atomic E-state index is 5.45. The van der Waals surface area contributed by atoms with Gasteiger partial charge in [-0.05, 0) is 50.8 Å². The first-order chi connectivity index (χ1) is 6.83. The second-order valence-corrected chi connectivity index (χ2v) is 4.66.